The van der Waals surface area contributed by atoms with Crippen LogP contribution < -0.4 is 5.32 Å². The number of nitrogens with one attached hydrogen (secondary N) is 1. The minimum atomic E-state index is -0.952. The summed E-state index contributed by atoms with van der Waals surface area (Å²) in [5, 5.41) is 12.6. The molecule has 2 N–H and O–H groups in total. The van der Waals surface area contributed by atoms with E-state index < -0.39 is 12.0 Å². The monoisotopic (exact) mass is 364 g/mol. The first kappa shape index (κ1) is 17.3. The van der Waals surface area contributed by atoms with E-state index in [4.69, 9.17) is 39.9 Å². The number of halogens is 3. The second-order valence-electron chi connectivity index (χ2n) is 5.21. The van der Waals surface area contributed by atoms with Gasteiger partial charge < -0.3 is 10.4 Å². The lowest BCUT2D eigenvalue weighted by Crippen LogP contribution is -2.44. The normalized spacial score (nSPS) is 15.7. The van der Waals surface area contributed by atoms with E-state index in [1.165, 1.54) is 12.1 Å². The van der Waals surface area contributed by atoms with Crippen LogP contribution in [0.25, 0.3) is 0 Å². The Bertz CT molecular complexity index is 605. The smallest absolute Gasteiger partial charge is 0.320 e. The Labute approximate surface area is 143 Å². The minimum Gasteiger partial charge on any atom is -0.480 e. The van der Waals surface area contributed by atoms with Crippen molar-refractivity contribution in [3.63, 3.8) is 0 Å². The maximum Gasteiger partial charge on any atom is 0.320 e. The van der Waals surface area contributed by atoms with Gasteiger partial charge in [-0.15, -0.1) is 0 Å². The molecule has 1 amide bonds. The van der Waals surface area contributed by atoms with Crippen molar-refractivity contribution < 1.29 is 14.7 Å². The van der Waals surface area contributed by atoms with E-state index in [1.807, 2.05) is 0 Å². The van der Waals surface area contributed by atoms with Crippen molar-refractivity contribution >= 4 is 52.4 Å². The van der Waals surface area contributed by atoms with E-state index in [0.717, 1.165) is 12.8 Å². The minimum absolute atomic E-state index is 0.0191. The summed E-state index contributed by atoms with van der Waals surface area (Å²) in [7, 11) is 0. The van der Waals surface area contributed by atoms with Gasteiger partial charge in [0.25, 0.3) is 0 Å². The molecule has 1 fully saturated rings. The van der Waals surface area contributed by atoms with E-state index in [1.54, 1.807) is 11.8 Å². The molecule has 5 nitrogen and oxygen atoms in total. The van der Waals surface area contributed by atoms with Gasteiger partial charge in [0.2, 0.25) is 5.91 Å². The Kier molecular flexibility index (Phi) is 5.55. The van der Waals surface area contributed by atoms with Crippen LogP contribution in [0.15, 0.2) is 12.1 Å². The van der Waals surface area contributed by atoms with Gasteiger partial charge >= 0.3 is 5.97 Å². The molecule has 1 aliphatic rings. The van der Waals surface area contributed by atoms with Gasteiger partial charge in [-0.25, -0.2) is 0 Å². The number of amides is 1. The molecule has 1 aromatic rings. The van der Waals surface area contributed by atoms with Crippen molar-refractivity contribution in [3.8, 4) is 0 Å². The van der Waals surface area contributed by atoms with E-state index in [9.17, 15) is 9.59 Å². The molecule has 0 spiro atoms. The lowest BCUT2D eigenvalue weighted by atomic mass is 10.2. The summed E-state index contributed by atoms with van der Waals surface area (Å²) in [6.07, 6.45) is 1.80. The average molecular weight is 366 g/mol. The van der Waals surface area contributed by atoms with Gasteiger partial charge in [-0.05, 0) is 31.9 Å². The molecule has 1 unspecified atom stereocenters. The Morgan fingerprint density at radius 2 is 1.86 bits per heavy atom. The van der Waals surface area contributed by atoms with Crippen molar-refractivity contribution in [1.29, 1.82) is 0 Å². The SMILES string of the molecule is CC(C(=O)O)N(CC(=O)Nc1cc(Cl)c(Cl)cc1Cl)C1CC1. The molecule has 1 aromatic carbocycles. The highest BCUT2D eigenvalue weighted by Gasteiger charge is 2.36. The van der Waals surface area contributed by atoms with E-state index in [2.05, 4.69) is 5.32 Å². The fraction of sp³-hybridized carbons (Fsp3) is 0.429. The summed E-state index contributed by atoms with van der Waals surface area (Å²) >= 11 is 17.7. The van der Waals surface area contributed by atoms with Crippen LogP contribution in [-0.2, 0) is 9.59 Å². The molecule has 22 heavy (non-hydrogen) atoms. The van der Waals surface area contributed by atoms with Gasteiger partial charge in [-0.2, -0.15) is 0 Å². The molecule has 0 heterocycles. The van der Waals surface area contributed by atoms with Crippen LogP contribution in [0.3, 0.4) is 0 Å². The molecular formula is C14H15Cl3N2O3. The van der Waals surface area contributed by atoms with E-state index in [-0.39, 0.29) is 28.5 Å². The van der Waals surface area contributed by atoms with Crippen LogP contribution in [0.5, 0.6) is 0 Å². The van der Waals surface area contributed by atoms with Crippen LogP contribution in [0.1, 0.15) is 19.8 Å². The zero-order chi connectivity index (χ0) is 16.4. The summed E-state index contributed by atoms with van der Waals surface area (Å²) in [6, 6.07) is 2.33. The summed E-state index contributed by atoms with van der Waals surface area (Å²) < 4.78 is 0. The number of rotatable bonds is 6. The van der Waals surface area contributed by atoms with Crippen LogP contribution in [-0.4, -0.2) is 40.5 Å². The fourth-order valence-electron chi connectivity index (χ4n) is 2.10. The molecule has 0 aromatic heterocycles. The molecule has 2 rings (SSSR count). The summed E-state index contributed by atoms with van der Waals surface area (Å²) in [5.41, 5.74) is 0.347. The van der Waals surface area contributed by atoms with E-state index >= 15 is 0 Å². The topological polar surface area (TPSA) is 69.6 Å². The first-order chi connectivity index (χ1) is 10.3. The van der Waals surface area contributed by atoms with Crippen molar-refractivity contribution in [3.05, 3.63) is 27.2 Å². The standard InChI is InChI=1S/C14H15Cl3N2O3/c1-7(14(21)22)19(8-2-3-8)6-13(20)18-12-5-10(16)9(15)4-11(12)17/h4-5,7-8H,2-3,6H2,1H3,(H,18,20)(H,21,22). The van der Waals surface area contributed by atoms with Crippen LogP contribution in [0.4, 0.5) is 5.69 Å². The molecule has 0 bridgehead atoms. The van der Waals surface area contributed by atoms with Crippen molar-refractivity contribution in [2.24, 2.45) is 0 Å². The Balaban J connectivity index is 2.05. The Morgan fingerprint density at radius 3 is 2.41 bits per heavy atom. The van der Waals surface area contributed by atoms with Gasteiger partial charge in [0, 0.05) is 6.04 Å². The molecule has 8 heteroatoms. The second-order valence-corrected chi connectivity index (χ2v) is 6.43. The number of hydrogen-bond acceptors (Lipinski definition) is 3. The lowest BCUT2D eigenvalue weighted by molar-refractivity contribution is -0.143. The number of aliphatic carboxylic acids is 1. The molecule has 120 valence electrons. The van der Waals surface area contributed by atoms with Crippen LogP contribution in [0, 0.1) is 0 Å². The lowest BCUT2D eigenvalue weighted by Gasteiger charge is -2.25. The van der Waals surface area contributed by atoms with Crippen molar-refractivity contribution in [2.75, 3.05) is 11.9 Å². The first-order valence-electron chi connectivity index (χ1n) is 6.72. The number of carboxylic acids is 1. The van der Waals surface area contributed by atoms with Crippen molar-refractivity contribution in [2.45, 2.75) is 31.8 Å². The number of hydrogen-bond donors (Lipinski definition) is 2. The van der Waals surface area contributed by atoms with Gasteiger partial charge in [-0.3, -0.25) is 14.5 Å². The Hall–Kier alpha value is -1.01. The molecule has 0 radical (unpaired) electrons. The average Bonchev–Trinajstić information content (AvgIpc) is 3.25. The molecule has 1 saturated carbocycles. The quantitative estimate of drug-likeness (QED) is 0.757. The molecular weight excluding hydrogens is 351 g/mol. The number of nitrogens with zero attached hydrogens (tertiary/aromatic N) is 1. The van der Waals surface area contributed by atoms with E-state index in [0.29, 0.717) is 10.7 Å². The van der Waals surface area contributed by atoms with Gasteiger partial charge in [0.15, 0.2) is 0 Å². The molecule has 1 atom stereocenters. The van der Waals surface area contributed by atoms with Gasteiger partial charge in [0.1, 0.15) is 6.04 Å². The van der Waals surface area contributed by atoms with Crippen LogP contribution in [0.2, 0.25) is 15.1 Å². The number of carbonyl (C=O) groups excluding carboxylic acids is 1. The fourth-order valence-corrected chi connectivity index (χ4v) is 2.70. The van der Waals surface area contributed by atoms with Crippen LogP contribution >= 0.6 is 34.8 Å². The predicted molar refractivity (Wildman–Crippen MR) is 86.9 cm³/mol. The summed E-state index contributed by atoms with van der Waals surface area (Å²) in [4.78, 5) is 24.9. The summed E-state index contributed by atoms with van der Waals surface area (Å²) in [6.45, 7) is 1.55. The molecule has 0 saturated heterocycles. The zero-order valence-electron chi connectivity index (χ0n) is 11.8. The summed E-state index contributed by atoms with van der Waals surface area (Å²) in [5.74, 6) is -1.30. The molecule has 0 aliphatic heterocycles. The maximum absolute atomic E-state index is 12.2. The first-order valence-corrected chi connectivity index (χ1v) is 7.86. The number of benzene rings is 1. The maximum atomic E-state index is 12.2. The number of carbonyl (C=O) groups is 2. The van der Waals surface area contributed by atoms with Gasteiger partial charge in [-0.1, -0.05) is 34.8 Å². The van der Waals surface area contributed by atoms with Crippen molar-refractivity contribution in [1.82, 2.24) is 4.90 Å². The largest absolute Gasteiger partial charge is 0.480 e. The third-order valence-corrected chi connectivity index (χ3v) is 4.52. The third kappa shape index (κ3) is 4.26. The zero-order valence-corrected chi connectivity index (χ0v) is 14.0. The highest BCUT2D eigenvalue weighted by atomic mass is 35.5. The number of carboxylic acid groups (broad SMARTS) is 1. The highest BCUT2D eigenvalue weighted by Crippen LogP contribution is 2.32. The third-order valence-electron chi connectivity index (χ3n) is 3.48. The van der Waals surface area contributed by atoms with Gasteiger partial charge in [0.05, 0.1) is 27.3 Å². The molecule has 1 aliphatic carbocycles. The second kappa shape index (κ2) is 7.04. The highest BCUT2D eigenvalue weighted by molar-refractivity contribution is 6.44. The Morgan fingerprint density at radius 1 is 1.27 bits per heavy atom. The predicted octanol–water partition coefficient (Wildman–Crippen LogP) is 3.52. The number of anilines is 1.